The highest BCUT2D eigenvalue weighted by atomic mass is 16.5. The van der Waals surface area contributed by atoms with E-state index in [9.17, 15) is 19.8 Å². The number of nitrogens with one attached hydrogen (secondary N) is 1. The summed E-state index contributed by atoms with van der Waals surface area (Å²) in [6, 6.07) is -0.538. The van der Waals surface area contributed by atoms with E-state index in [4.69, 9.17) is 4.74 Å². The molecule has 0 fully saturated rings. The molecule has 3 N–H and O–H groups in total. The number of ether oxygens (including phenoxy) is 1. The van der Waals surface area contributed by atoms with Gasteiger partial charge in [-0.3, -0.25) is 9.59 Å². The zero-order chi connectivity index (χ0) is 52.2. The number of rotatable bonds is 62. The first kappa shape index (κ1) is 70.6. The fourth-order valence-electron chi connectivity index (χ4n) is 10.5. The number of aliphatic hydroxyl groups is 2. The lowest BCUT2D eigenvalue weighted by molar-refractivity contribution is -0.143. The number of carbonyl (C=O) groups is 2. The van der Waals surface area contributed by atoms with E-state index in [-0.39, 0.29) is 18.5 Å². The average molecular weight is 1020 g/mol. The minimum Gasteiger partial charge on any atom is -0.466 e. The summed E-state index contributed by atoms with van der Waals surface area (Å²) in [5.41, 5.74) is 0. The third-order valence-electron chi connectivity index (χ3n) is 15.6. The van der Waals surface area contributed by atoms with Gasteiger partial charge in [-0.05, 0) is 51.4 Å². The van der Waals surface area contributed by atoms with E-state index >= 15 is 0 Å². The Hall–Kier alpha value is -1.40. The van der Waals surface area contributed by atoms with Gasteiger partial charge in [0.05, 0.1) is 25.4 Å². The van der Waals surface area contributed by atoms with Crippen LogP contribution < -0.4 is 5.32 Å². The molecule has 0 bridgehead atoms. The average Bonchev–Trinajstić information content (AvgIpc) is 3.38. The lowest BCUT2D eigenvalue weighted by atomic mass is 10.0. The summed E-state index contributed by atoms with van der Waals surface area (Å²) in [5.74, 6) is -0.0166. The second-order valence-corrected chi connectivity index (χ2v) is 22.8. The molecular formula is C66H129NO5. The molecule has 2 atom stereocenters. The standard InChI is InChI=1S/C66H129NO5/c1-3-5-7-9-11-13-15-17-18-29-33-36-40-44-48-52-56-60-66(71)72-61-57-53-49-45-41-37-34-31-28-26-24-22-20-19-21-23-25-27-30-32-35-39-43-47-51-55-59-65(70)67-63(62-68)64(69)58-54-50-46-42-38-16-14-12-10-8-6-4-2/h17-18,63-64,68-69H,3-16,19-62H2,1-2H3,(H,67,70)/b18-17-. The molecule has 6 nitrogen and oxygen atoms in total. The Morgan fingerprint density at radius 3 is 0.986 bits per heavy atom. The summed E-state index contributed by atoms with van der Waals surface area (Å²) in [6.45, 7) is 4.97. The summed E-state index contributed by atoms with van der Waals surface area (Å²) < 4.78 is 5.50. The predicted octanol–water partition coefficient (Wildman–Crippen LogP) is 20.8. The van der Waals surface area contributed by atoms with Gasteiger partial charge >= 0.3 is 5.97 Å². The van der Waals surface area contributed by atoms with Gasteiger partial charge in [-0.1, -0.05) is 321 Å². The number of hydrogen-bond acceptors (Lipinski definition) is 5. The van der Waals surface area contributed by atoms with Crippen molar-refractivity contribution in [1.82, 2.24) is 5.32 Å². The summed E-state index contributed by atoms with van der Waals surface area (Å²) in [5, 5.41) is 23.2. The highest BCUT2D eigenvalue weighted by Gasteiger charge is 2.20. The topological polar surface area (TPSA) is 95.9 Å². The van der Waals surface area contributed by atoms with Crippen LogP contribution in [-0.2, 0) is 14.3 Å². The Kier molecular flexibility index (Phi) is 60.9. The van der Waals surface area contributed by atoms with E-state index in [0.29, 0.717) is 25.9 Å². The molecule has 0 aliphatic carbocycles. The van der Waals surface area contributed by atoms with Crippen LogP contribution in [-0.4, -0.2) is 47.4 Å². The largest absolute Gasteiger partial charge is 0.466 e. The van der Waals surface area contributed by atoms with Crippen LogP contribution in [0.2, 0.25) is 0 Å². The molecule has 2 unspecified atom stereocenters. The lowest BCUT2D eigenvalue weighted by Gasteiger charge is -2.22. The van der Waals surface area contributed by atoms with Gasteiger partial charge in [0.2, 0.25) is 5.91 Å². The molecule has 0 heterocycles. The molecule has 6 heteroatoms. The van der Waals surface area contributed by atoms with Crippen LogP contribution in [0.25, 0.3) is 0 Å². The van der Waals surface area contributed by atoms with Crippen molar-refractivity contribution in [2.75, 3.05) is 13.2 Å². The lowest BCUT2D eigenvalue weighted by Crippen LogP contribution is -2.45. The molecule has 0 radical (unpaired) electrons. The predicted molar refractivity (Wildman–Crippen MR) is 315 cm³/mol. The Balaban J connectivity index is 3.32. The van der Waals surface area contributed by atoms with E-state index in [0.717, 1.165) is 44.9 Å². The number of aliphatic hydroxyl groups excluding tert-OH is 2. The number of allylic oxidation sites excluding steroid dienone is 2. The Morgan fingerprint density at radius 1 is 0.375 bits per heavy atom. The van der Waals surface area contributed by atoms with Crippen molar-refractivity contribution in [3.05, 3.63) is 12.2 Å². The zero-order valence-corrected chi connectivity index (χ0v) is 48.9. The highest BCUT2D eigenvalue weighted by molar-refractivity contribution is 5.76. The molecule has 1 amide bonds. The van der Waals surface area contributed by atoms with Gasteiger partial charge < -0.3 is 20.3 Å². The van der Waals surface area contributed by atoms with Gasteiger partial charge in [0.15, 0.2) is 0 Å². The molecule has 0 aliphatic heterocycles. The monoisotopic (exact) mass is 1020 g/mol. The third-order valence-corrected chi connectivity index (χ3v) is 15.6. The molecule has 0 spiro atoms. The minimum atomic E-state index is -0.661. The maximum atomic E-state index is 12.5. The van der Waals surface area contributed by atoms with Gasteiger partial charge in [0.25, 0.3) is 0 Å². The molecule has 0 aromatic heterocycles. The van der Waals surface area contributed by atoms with Crippen LogP contribution in [0.1, 0.15) is 373 Å². The first-order valence-electron chi connectivity index (χ1n) is 32.9. The van der Waals surface area contributed by atoms with Crippen molar-refractivity contribution < 1.29 is 24.5 Å². The molecule has 0 aliphatic rings. The molecule has 0 aromatic rings. The van der Waals surface area contributed by atoms with Crippen LogP contribution in [0.3, 0.4) is 0 Å². The second-order valence-electron chi connectivity index (χ2n) is 22.8. The number of unbranched alkanes of at least 4 members (excludes halogenated alkanes) is 49. The van der Waals surface area contributed by atoms with Crippen LogP contribution >= 0.6 is 0 Å². The second kappa shape index (κ2) is 62.1. The van der Waals surface area contributed by atoms with Crippen LogP contribution in [0.4, 0.5) is 0 Å². The molecule has 0 saturated heterocycles. The fourth-order valence-corrected chi connectivity index (χ4v) is 10.5. The van der Waals surface area contributed by atoms with Crippen molar-refractivity contribution in [2.45, 2.75) is 386 Å². The van der Waals surface area contributed by atoms with E-state index in [1.807, 2.05) is 0 Å². The van der Waals surface area contributed by atoms with Crippen LogP contribution in [0, 0.1) is 0 Å². The molecule has 0 saturated carbocycles. The van der Waals surface area contributed by atoms with Crippen LogP contribution in [0.15, 0.2) is 12.2 Å². The van der Waals surface area contributed by atoms with Crippen LogP contribution in [0.5, 0.6) is 0 Å². The normalized spacial score (nSPS) is 12.6. The SMILES string of the molecule is CCCCCCCC/C=C\CCCCCCCCCC(=O)OCCCCCCCCCCCCCCCCCCCCCCCCCCCCC(=O)NC(CO)C(O)CCCCCCCCCCCCCC. The summed E-state index contributed by atoms with van der Waals surface area (Å²) in [7, 11) is 0. The van der Waals surface area contributed by atoms with Crippen molar-refractivity contribution in [2.24, 2.45) is 0 Å². The van der Waals surface area contributed by atoms with Gasteiger partial charge in [-0.25, -0.2) is 0 Å². The first-order chi connectivity index (χ1) is 35.5. The Morgan fingerprint density at radius 2 is 0.653 bits per heavy atom. The Bertz CT molecular complexity index is 1080. The van der Waals surface area contributed by atoms with Crippen molar-refractivity contribution in [3.8, 4) is 0 Å². The molecule has 0 aromatic carbocycles. The fraction of sp³-hybridized carbons (Fsp3) is 0.939. The zero-order valence-electron chi connectivity index (χ0n) is 48.9. The van der Waals surface area contributed by atoms with Crippen molar-refractivity contribution in [3.63, 3.8) is 0 Å². The quantitative estimate of drug-likeness (QED) is 0.0320. The summed E-state index contributed by atoms with van der Waals surface area (Å²) in [6.07, 6.45) is 75.3. The highest BCUT2D eigenvalue weighted by Crippen LogP contribution is 2.19. The molecular weight excluding hydrogens is 887 g/mol. The molecule has 428 valence electrons. The third kappa shape index (κ3) is 57.9. The van der Waals surface area contributed by atoms with Gasteiger partial charge in [0.1, 0.15) is 0 Å². The van der Waals surface area contributed by atoms with Gasteiger partial charge in [-0.2, -0.15) is 0 Å². The number of amides is 1. The number of hydrogen-bond donors (Lipinski definition) is 3. The maximum Gasteiger partial charge on any atom is 0.305 e. The molecule has 0 rings (SSSR count). The van der Waals surface area contributed by atoms with E-state index in [1.165, 1.54) is 295 Å². The molecule has 72 heavy (non-hydrogen) atoms. The van der Waals surface area contributed by atoms with Crippen molar-refractivity contribution >= 4 is 11.9 Å². The number of carbonyl (C=O) groups excluding carboxylic acids is 2. The number of esters is 1. The summed E-state index contributed by atoms with van der Waals surface area (Å²) >= 11 is 0. The summed E-state index contributed by atoms with van der Waals surface area (Å²) in [4.78, 5) is 24.6. The van der Waals surface area contributed by atoms with Crippen molar-refractivity contribution in [1.29, 1.82) is 0 Å². The smallest absolute Gasteiger partial charge is 0.305 e. The first-order valence-corrected chi connectivity index (χ1v) is 32.9. The van der Waals surface area contributed by atoms with E-state index in [1.54, 1.807) is 0 Å². The van der Waals surface area contributed by atoms with Gasteiger partial charge in [-0.15, -0.1) is 0 Å². The van der Waals surface area contributed by atoms with Gasteiger partial charge in [0, 0.05) is 12.8 Å². The Labute approximate surface area is 450 Å². The van der Waals surface area contributed by atoms with E-state index in [2.05, 4.69) is 31.3 Å². The van der Waals surface area contributed by atoms with E-state index < -0.39 is 12.1 Å². The minimum absolute atomic E-state index is 0.0147. The maximum absolute atomic E-state index is 12.5.